The number of para-hydroxylation sites is 2. The molecule has 0 aliphatic rings. The minimum atomic E-state index is -0.383. The van der Waals surface area contributed by atoms with Gasteiger partial charge in [0.2, 0.25) is 5.88 Å². The molecule has 3 aromatic rings. The lowest BCUT2D eigenvalue weighted by Crippen LogP contribution is -2.16. The summed E-state index contributed by atoms with van der Waals surface area (Å²) in [5.74, 6) is -0.156. The number of ether oxygens (including phenoxy) is 1. The Morgan fingerprint density at radius 1 is 1.29 bits per heavy atom. The number of fused-ring (bicyclic) bond motifs is 1. The van der Waals surface area contributed by atoms with E-state index < -0.39 is 0 Å². The first-order valence-corrected chi connectivity index (χ1v) is 7.26. The molecule has 0 atom stereocenters. The largest absolute Gasteiger partial charge is 0.476 e. The lowest BCUT2D eigenvalue weighted by molar-refractivity contribution is 0.101. The highest BCUT2D eigenvalue weighted by Gasteiger charge is 2.18. The Kier molecular flexibility index (Phi) is 3.74. The van der Waals surface area contributed by atoms with Gasteiger partial charge in [0.25, 0.3) is 5.91 Å². The molecule has 0 unspecified atom stereocenters. The van der Waals surface area contributed by atoms with Crippen LogP contribution in [0.15, 0.2) is 35.8 Å². The zero-order valence-electron chi connectivity index (χ0n) is 11.2. The minimum Gasteiger partial charge on any atom is -0.476 e. The van der Waals surface area contributed by atoms with Crippen molar-refractivity contribution in [2.75, 3.05) is 11.9 Å². The van der Waals surface area contributed by atoms with Crippen LogP contribution >= 0.6 is 11.3 Å². The molecule has 21 heavy (non-hydrogen) atoms. The SMILES string of the molecule is CCOc1nc2ccccc2nc1C(=O)Nc1nccs1. The topological polar surface area (TPSA) is 77.0 Å². The highest BCUT2D eigenvalue weighted by atomic mass is 32.1. The van der Waals surface area contributed by atoms with E-state index in [9.17, 15) is 4.79 Å². The van der Waals surface area contributed by atoms with Gasteiger partial charge < -0.3 is 4.74 Å². The summed E-state index contributed by atoms with van der Waals surface area (Å²) in [5.41, 5.74) is 1.49. The van der Waals surface area contributed by atoms with E-state index in [0.29, 0.717) is 22.8 Å². The summed E-state index contributed by atoms with van der Waals surface area (Å²) in [6.45, 7) is 2.24. The van der Waals surface area contributed by atoms with Crippen LogP contribution in [0, 0.1) is 0 Å². The van der Waals surface area contributed by atoms with Gasteiger partial charge in [0.1, 0.15) is 0 Å². The zero-order valence-corrected chi connectivity index (χ0v) is 12.1. The fourth-order valence-electron chi connectivity index (χ4n) is 1.81. The molecule has 6 nitrogen and oxygen atoms in total. The molecule has 2 aromatic heterocycles. The normalized spacial score (nSPS) is 10.5. The average Bonchev–Trinajstić information content (AvgIpc) is 2.99. The first-order valence-electron chi connectivity index (χ1n) is 6.38. The van der Waals surface area contributed by atoms with Gasteiger partial charge in [-0.3, -0.25) is 10.1 Å². The second-order valence-electron chi connectivity index (χ2n) is 4.09. The van der Waals surface area contributed by atoms with Gasteiger partial charge in [0.05, 0.1) is 17.6 Å². The average molecular weight is 300 g/mol. The summed E-state index contributed by atoms with van der Waals surface area (Å²) in [7, 11) is 0. The molecule has 3 rings (SSSR count). The van der Waals surface area contributed by atoms with Gasteiger partial charge in [-0.15, -0.1) is 11.3 Å². The summed E-state index contributed by atoms with van der Waals surface area (Å²) in [5, 5.41) is 4.98. The fourth-order valence-corrected chi connectivity index (χ4v) is 2.33. The van der Waals surface area contributed by atoms with Crippen molar-refractivity contribution < 1.29 is 9.53 Å². The molecular weight excluding hydrogens is 288 g/mol. The maximum atomic E-state index is 12.3. The lowest BCUT2D eigenvalue weighted by Gasteiger charge is -2.09. The van der Waals surface area contributed by atoms with Gasteiger partial charge in [-0.1, -0.05) is 12.1 Å². The van der Waals surface area contributed by atoms with E-state index in [2.05, 4.69) is 20.3 Å². The highest BCUT2D eigenvalue weighted by Crippen LogP contribution is 2.20. The second kappa shape index (κ2) is 5.84. The molecule has 0 aliphatic heterocycles. The molecule has 0 spiro atoms. The second-order valence-corrected chi connectivity index (χ2v) is 4.99. The molecule has 1 N–H and O–H groups in total. The maximum Gasteiger partial charge on any atom is 0.281 e. The van der Waals surface area contributed by atoms with Crippen molar-refractivity contribution in [2.45, 2.75) is 6.92 Å². The number of nitrogens with zero attached hydrogens (tertiary/aromatic N) is 3. The van der Waals surface area contributed by atoms with E-state index in [4.69, 9.17) is 4.74 Å². The molecule has 0 aliphatic carbocycles. The van der Waals surface area contributed by atoms with E-state index in [1.807, 2.05) is 25.1 Å². The Bertz CT molecular complexity index is 774. The van der Waals surface area contributed by atoms with Gasteiger partial charge in [0, 0.05) is 11.6 Å². The summed E-state index contributed by atoms with van der Waals surface area (Å²) in [4.78, 5) is 25.0. The van der Waals surface area contributed by atoms with Crippen molar-refractivity contribution in [3.63, 3.8) is 0 Å². The van der Waals surface area contributed by atoms with E-state index in [1.165, 1.54) is 11.3 Å². The monoisotopic (exact) mass is 300 g/mol. The van der Waals surface area contributed by atoms with Gasteiger partial charge in [-0.2, -0.15) is 0 Å². The number of carbonyl (C=O) groups is 1. The third-order valence-corrected chi connectivity index (χ3v) is 3.38. The number of thiazole rings is 1. The van der Waals surface area contributed by atoms with E-state index in [-0.39, 0.29) is 17.5 Å². The fraction of sp³-hybridized carbons (Fsp3) is 0.143. The van der Waals surface area contributed by atoms with Crippen LogP contribution in [-0.2, 0) is 0 Å². The number of benzene rings is 1. The van der Waals surface area contributed by atoms with Crippen LogP contribution in [0.25, 0.3) is 11.0 Å². The third-order valence-electron chi connectivity index (χ3n) is 2.69. The molecule has 0 bridgehead atoms. The molecule has 0 saturated heterocycles. The number of anilines is 1. The van der Waals surface area contributed by atoms with Crippen molar-refractivity contribution in [3.05, 3.63) is 41.5 Å². The maximum absolute atomic E-state index is 12.3. The van der Waals surface area contributed by atoms with Crippen LogP contribution in [0.3, 0.4) is 0 Å². The Labute approximate surface area is 124 Å². The van der Waals surface area contributed by atoms with Crippen molar-refractivity contribution in [1.82, 2.24) is 15.0 Å². The van der Waals surface area contributed by atoms with Crippen LogP contribution in [0.1, 0.15) is 17.4 Å². The van der Waals surface area contributed by atoms with Gasteiger partial charge in [-0.25, -0.2) is 15.0 Å². The molecule has 106 valence electrons. The third kappa shape index (κ3) is 2.82. The summed E-state index contributed by atoms with van der Waals surface area (Å²) >= 11 is 1.34. The highest BCUT2D eigenvalue weighted by molar-refractivity contribution is 7.13. The number of amides is 1. The first kappa shape index (κ1) is 13.4. The van der Waals surface area contributed by atoms with Crippen molar-refractivity contribution in [1.29, 1.82) is 0 Å². The van der Waals surface area contributed by atoms with Crippen LogP contribution in [0.2, 0.25) is 0 Å². The summed E-state index contributed by atoms with van der Waals surface area (Å²) in [6, 6.07) is 7.34. The standard InChI is InChI=1S/C14H12N4O2S/c1-2-20-13-11(12(19)18-14-15-7-8-21-14)16-9-5-3-4-6-10(9)17-13/h3-8H,2H2,1H3,(H,15,18,19). The summed E-state index contributed by atoms with van der Waals surface area (Å²) in [6.07, 6.45) is 1.62. The number of aromatic nitrogens is 3. The number of nitrogens with one attached hydrogen (secondary N) is 1. The van der Waals surface area contributed by atoms with Crippen LogP contribution in [0.5, 0.6) is 5.88 Å². The van der Waals surface area contributed by atoms with Crippen molar-refractivity contribution >= 4 is 33.4 Å². The Hall–Kier alpha value is -2.54. The van der Waals surface area contributed by atoms with E-state index in [1.54, 1.807) is 17.6 Å². The predicted octanol–water partition coefficient (Wildman–Crippen LogP) is 2.74. The van der Waals surface area contributed by atoms with E-state index >= 15 is 0 Å². The quantitative estimate of drug-likeness (QED) is 0.801. The molecule has 2 heterocycles. The van der Waals surface area contributed by atoms with Crippen molar-refractivity contribution in [3.8, 4) is 5.88 Å². The van der Waals surface area contributed by atoms with Crippen molar-refractivity contribution in [2.24, 2.45) is 0 Å². The molecular formula is C14H12N4O2S. The summed E-state index contributed by atoms with van der Waals surface area (Å²) < 4.78 is 5.43. The first-order chi connectivity index (χ1) is 10.3. The minimum absolute atomic E-state index is 0.158. The number of rotatable bonds is 4. The number of carbonyl (C=O) groups excluding carboxylic acids is 1. The number of hydrogen-bond acceptors (Lipinski definition) is 6. The predicted molar refractivity (Wildman–Crippen MR) is 80.8 cm³/mol. The van der Waals surface area contributed by atoms with Crippen LogP contribution in [-0.4, -0.2) is 27.5 Å². The van der Waals surface area contributed by atoms with Gasteiger partial charge >= 0.3 is 0 Å². The molecule has 0 radical (unpaired) electrons. The zero-order chi connectivity index (χ0) is 14.7. The van der Waals surface area contributed by atoms with Gasteiger partial charge in [-0.05, 0) is 19.1 Å². The Balaban J connectivity index is 2.02. The molecule has 0 saturated carbocycles. The molecule has 7 heteroatoms. The van der Waals surface area contributed by atoms with Crippen LogP contribution in [0.4, 0.5) is 5.13 Å². The molecule has 1 aromatic carbocycles. The molecule has 1 amide bonds. The van der Waals surface area contributed by atoms with E-state index in [0.717, 1.165) is 0 Å². The van der Waals surface area contributed by atoms with Gasteiger partial charge in [0.15, 0.2) is 10.8 Å². The Morgan fingerprint density at radius 2 is 2.05 bits per heavy atom. The lowest BCUT2D eigenvalue weighted by atomic mass is 10.3. The molecule has 0 fully saturated rings. The number of hydrogen-bond donors (Lipinski definition) is 1. The van der Waals surface area contributed by atoms with Crippen LogP contribution < -0.4 is 10.1 Å². The Morgan fingerprint density at radius 3 is 2.71 bits per heavy atom. The smallest absolute Gasteiger partial charge is 0.281 e.